The Morgan fingerprint density at radius 1 is 0.404 bits per heavy atom. The van der Waals surface area contributed by atoms with Crippen molar-refractivity contribution in [1.29, 1.82) is 0 Å². The number of benzene rings is 5. The highest BCUT2D eigenvalue weighted by molar-refractivity contribution is 6.10. The zero-order chi connectivity index (χ0) is 37.7. The van der Waals surface area contributed by atoms with Gasteiger partial charge in [0.25, 0.3) is 0 Å². The Bertz CT molecular complexity index is 3060. The van der Waals surface area contributed by atoms with Gasteiger partial charge in [-0.3, -0.25) is 9.13 Å². The van der Waals surface area contributed by atoms with Crippen molar-refractivity contribution in [3.05, 3.63) is 177 Å². The molecule has 0 aliphatic heterocycles. The molecule has 0 amide bonds. The first-order chi connectivity index (χ1) is 28.2. The molecule has 0 atom stereocenters. The minimum Gasteiger partial charge on any atom is -0.457 e. The van der Waals surface area contributed by atoms with Crippen LogP contribution in [0.4, 0.5) is 0 Å². The number of nitrogens with zero attached hydrogens (tertiary/aromatic N) is 7. The second kappa shape index (κ2) is 13.3. The van der Waals surface area contributed by atoms with Crippen LogP contribution in [0.15, 0.2) is 181 Å². The van der Waals surface area contributed by atoms with Gasteiger partial charge in [-0.15, -0.1) is 0 Å². The molecule has 11 aromatic rings. The van der Waals surface area contributed by atoms with Crippen molar-refractivity contribution in [2.75, 3.05) is 0 Å². The van der Waals surface area contributed by atoms with Gasteiger partial charge in [0, 0.05) is 70.1 Å². The molecule has 0 saturated carbocycles. The minimum absolute atomic E-state index is 0.444. The van der Waals surface area contributed by atoms with E-state index in [4.69, 9.17) is 13.9 Å². The smallest absolute Gasteiger partial charge is 0.228 e. The van der Waals surface area contributed by atoms with Crippen LogP contribution in [0.25, 0.3) is 78.1 Å². The summed E-state index contributed by atoms with van der Waals surface area (Å²) in [5.41, 5.74) is 5.44. The number of para-hydroxylation sites is 2. The fourth-order valence-electron chi connectivity index (χ4n) is 7.54. The highest BCUT2D eigenvalue weighted by Crippen LogP contribution is 2.39. The Balaban J connectivity index is 1.02. The fourth-order valence-corrected chi connectivity index (χ4v) is 7.54. The maximum absolute atomic E-state index is 6.68. The summed E-state index contributed by atoms with van der Waals surface area (Å²) >= 11 is 0. The molecule has 11 rings (SSSR count). The first kappa shape index (κ1) is 32.3. The maximum atomic E-state index is 6.68. The molecule has 0 saturated heterocycles. The van der Waals surface area contributed by atoms with Crippen molar-refractivity contribution < 1.29 is 13.9 Å². The molecule has 270 valence electrons. The van der Waals surface area contributed by atoms with Crippen LogP contribution in [0.3, 0.4) is 0 Å². The standard InChI is InChI=1S/C47H29N7O3/c1-3-11-40-36(9-1)38-17-15-32(26-42(38)53(40)44-13-5-7-19-48-44)56-34-23-30(46-51-28-31(29-52-46)47-50-21-22-55-47)24-35(25-34)57-33-16-18-39-37-10-2-4-12-41(37)54(43(39)27-33)45-14-6-8-20-49-45/h1-29H. The second-order valence-electron chi connectivity index (χ2n) is 13.5. The van der Waals surface area contributed by atoms with Gasteiger partial charge in [0.15, 0.2) is 5.82 Å². The van der Waals surface area contributed by atoms with E-state index in [-0.39, 0.29) is 0 Å². The van der Waals surface area contributed by atoms with Crippen LogP contribution in [0.5, 0.6) is 23.0 Å². The van der Waals surface area contributed by atoms with Gasteiger partial charge in [-0.25, -0.2) is 24.9 Å². The van der Waals surface area contributed by atoms with Gasteiger partial charge in [0.2, 0.25) is 5.89 Å². The first-order valence-corrected chi connectivity index (χ1v) is 18.4. The molecule has 0 N–H and O–H groups in total. The number of hydrogen-bond donors (Lipinski definition) is 0. The minimum atomic E-state index is 0.444. The molecule has 57 heavy (non-hydrogen) atoms. The Morgan fingerprint density at radius 3 is 1.44 bits per heavy atom. The van der Waals surface area contributed by atoms with Gasteiger partial charge in [-0.1, -0.05) is 48.5 Å². The molecule has 0 unspecified atom stereocenters. The Hall–Kier alpha value is -8.11. The van der Waals surface area contributed by atoms with E-state index in [0.717, 1.165) is 55.2 Å². The van der Waals surface area contributed by atoms with Gasteiger partial charge in [-0.2, -0.15) is 0 Å². The molecule has 6 aromatic heterocycles. The van der Waals surface area contributed by atoms with E-state index in [1.807, 2.05) is 91.0 Å². The molecule has 6 heterocycles. The predicted octanol–water partition coefficient (Wildman–Crippen LogP) is 11.4. The summed E-state index contributed by atoms with van der Waals surface area (Å²) in [6, 6.07) is 46.4. The van der Waals surface area contributed by atoms with Crippen molar-refractivity contribution in [3.63, 3.8) is 0 Å². The molecular weight excluding hydrogens is 711 g/mol. The van der Waals surface area contributed by atoms with Crippen LogP contribution >= 0.6 is 0 Å². The van der Waals surface area contributed by atoms with Gasteiger partial charge in [0.1, 0.15) is 40.9 Å². The summed E-state index contributed by atoms with van der Waals surface area (Å²) in [6.45, 7) is 0. The fraction of sp³-hybridized carbons (Fsp3) is 0. The lowest BCUT2D eigenvalue weighted by molar-refractivity contribution is 0.461. The Kier molecular flexibility index (Phi) is 7.56. The summed E-state index contributed by atoms with van der Waals surface area (Å²) in [5, 5.41) is 4.46. The predicted molar refractivity (Wildman–Crippen MR) is 220 cm³/mol. The van der Waals surface area contributed by atoms with Crippen LogP contribution < -0.4 is 9.47 Å². The van der Waals surface area contributed by atoms with E-state index in [2.05, 4.69) is 82.6 Å². The molecule has 0 radical (unpaired) electrons. The number of pyridine rings is 2. The molecule has 10 heteroatoms. The van der Waals surface area contributed by atoms with Gasteiger partial charge < -0.3 is 13.9 Å². The summed E-state index contributed by atoms with van der Waals surface area (Å²) < 4.78 is 23.1. The van der Waals surface area contributed by atoms with Crippen molar-refractivity contribution in [3.8, 4) is 57.5 Å². The van der Waals surface area contributed by atoms with Crippen LogP contribution in [-0.2, 0) is 0 Å². The average molecular weight is 740 g/mol. The topological polar surface area (TPSA) is 106 Å². The molecule has 0 spiro atoms. The second-order valence-corrected chi connectivity index (χ2v) is 13.5. The Morgan fingerprint density at radius 2 is 0.930 bits per heavy atom. The molecule has 10 nitrogen and oxygen atoms in total. The molecule has 0 bridgehead atoms. The SMILES string of the molecule is c1ccc(-n2c3ccccc3c3ccc(Oc4cc(Oc5ccc6c7ccccc7n(-c7ccccn7)c6c5)cc(-c5ncc(-c6ncco6)cn5)c4)cc32)nc1. The highest BCUT2D eigenvalue weighted by Gasteiger charge is 2.17. The number of rotatable bonds is 8. The Labute approximate surface area is 324 Å². The normalized spacial score (nSPS) is 11.5. The third kappa shape index (κ3) is 5.71. The van der Waals surface area contributed by atoms with Crippen LogP contribution in [-0.4, -0.2) is 34.1 Å². The van der Waals surface area contributed by atoms with Crippen molar-refractivity contribution in [2.45, 2.75) is 0 Å². The number of hydrogen-bond acceptors (Lipinski definition) is 8. The van der Waals surface area contributed by atoms with Crippen LogP contribution in [0.2, 0.25) is 0 Å². The van der Waals surface area contributed by atoms with Crippen LogP contribution in [0.1, 0.15) is 0 Å². The summed E-state index contributed by atoms with van der Waals surface area (Å²) in [5.74, 6) is 4.96. The third-order valence-corrected chi connectivity index (χ3v) is 9.99. The number of ether oxygens (including phenoxy) is 2. The number of fused-ring (bicyclic) bond motifs is 6. The van der Waals surface area contributed by atoms with E-state index in [0.29, 0.717) is 45.8 Å². The molecule has 0 aliphatic carbocycles. The molecule has 0 fully saturated rings. The zero-order valence-electron chi connectivity index (χ0n) is 30.1. The quantitative estimate of drug-likeness (QED) is 0.152. The van der Waals surface area contributed by atoms with Crippen molar-refractivity contribution in [1.82, 2.24) is 34.1 Å². The molecular formula is C47H29N7O3. The monoisotopic (exact) mass is 739 g/mol. The summed E-state index contributed by atoms with van der Waals surface area (Å²) in [6.07, 6.45) is 10.1. The molecule has 5 aromatic carbocycles. The van der Waals surface area contributed by atoms with Gasteiger partial charge in [-0.05, 0) is 72.8 Å². The van der Waals surface area contributed by atoms with E-state index < -0.39 is 0 Å². The van der Waals surface area contributed by atoms with Gasteiger partial charge >= 0.3 is 0 Å². The zero-order valence-corrected chi connectivity index (χ0v) is 30.1. The first-order valence-electron chi connectivity index (χ1n) is 18.4. The molecule has 0 aliphatic rings. The number of aromatic nitrogens is 7. The van der Waals surface area contributed by atoms with E-state index in [1.165, 1.54) is 6.26 Å². The third-order valence-electron chi connectivity index (χ3n) is 9.99. The summed E-state index contributed by atoms with van der Waals surface area (Å²) in [7, 11) is 0. The number of oxazole rings is 1. The van der Waals surface area contributed by atoms with Crippen molar-refractivity contribution >= 4 is 43.6 Å². The lowest BCUT2D eigenvalue weighted by Gasteiger charge is -2.13. The van der Waals surface area contributed by atoms with E-state index in [1.54, 1.807) is 31.0 Å². The van der Waals surface area contributed by atoms with E-state index in [9.17, 15) is 0 Å². The van der Waals surface area contributed by atoms with Crippen molar-refractivity contribution in [2.24, 2.45) is 0 Å². The highest BCUT2D eigenvalue weighted by atomic mass is 16.5. The lowest BCUT2D eigenvalue weighted by atomic mass is 10.1. The van der Waals surface area contributed by atoms with Gasteiger partial charge in [0.05, 0.1) is 33.8 Å². The lowest BCUT2D eigenvalue weighted by Crippen LogP contribution is -1.97. The van der Waals surface area contributed by atoms with Crippen LogP contribution in [0, 0.1) is 0 Å². The van der Waals surface area contributed by atoms with E-state index >= 15 is 0 Å². The average Bonchev–Trinajstić information content (AvgIpc) is 4.00. The summed E-state index contributed by atoms with van der Waals surface area (Å²) in [4.78, 5) is 23.0. The largest absolute Gasteiger partial charge is 0.457 e. The maximum Gasteiger partial charge on any atom is 0.228 e.